The third-order valence-electron chi connectivity index (χ3n) is 2.94. The van der Waals surface area contributed by atoms with Gasteiger partial charge in [-0.3, -0.25) is 0 Å². The zero-order valence-electron chi connectivity index (χ0n) is 9.97. The Labute approximate surface area is 132 Å². The molecule has 1 aliphatic rings. The van der Waals surface area contributed by atoms with Crippen LogP contribution in [0, 0.1) is 5.92 Å². The Morgan fingerprint density at radius 3 is 2.63 bits per heavy atom. The summed E-state index contributed by atoms with van der Waals surface area (Å²) in [5.41, 5.74) is 5.86. The van der Waals surface area contributed by atoms with Gasteiger partial charge in [0.15, 0.2) is 0 Å². The van der Waals surface area contributed by atoms with E-state index in [4.69, 9.17) is 17.3 Å². The Morgan fingerprint density at radius 2 is 2.11 bits per heavy atom. The Bertz CT molecular complexity index is 550. The summed E-state index contributed by atoms with van der Waals surface area (Å²) >= 11 is 9.03. The Balaban J connectivity index is 0.00000180. The fourth-order valence-corrected chi connectivity index (χ4v) is 3.37. The molecule has 0 spiro atoms. The van der Waals surface area contributed by atoms with Crippen LogP contribution in [-0.4, -0.2) is 21.0 Å². The maximum atomic E-state index is 12.0. The SMILES string of the molecule is Cl.NC(CNS(=O)(=O)c1ccc(Cl)c(Br)c1)C1CC1. The van der Waals surface area contributed by atoms with Crippen molar-refractivity contribution in [1.29, 1.82) is 0 Å². The zero-order valence-corrected chi connectivity index (χ0v) is 13.9. The number of benzene rings is 1. The van der Waals surface area contributed by atoms with Crippen molar-refractivity contribution in [3.05, 3.63) is 27.7 Å². The molecule has 4 nitrogen and oxygen atoms in total. The number of nitrogens with one attached hydrogen (secondary N) is 1. The van der Waals surface area contributed by atoms with Gasteiger partial charge in [-0.15, -0.1) is 12.4 Å². The van der Waals surface area contributed by atoms with Crippen LogP contribution in [0.2, 0.25) is 5.02 Å². The highest BCUT2D eigenvalue weighted by Gasteiger charge is 2.29. The van der Waals surface area contributed by atoms with Gasteiger partial charge in [-0.05, 0) is 52.9 Å². The fourth-order valence-electron chi connectivity index (χ4n) is 1.62. The summed E-state index contributed by atoms with van der Waals surface area (Å²) in [6.45, 7) is 0.271. The van der Waals surface area contributed by atoms with Gasteiger partial charge in [0.05, 0.1) is 9.92 Å². The molecule has 1 saturated carbocycles. The standard InChI is InChI=1S/C11H14BrClN2O2S.ClH/c12-9-5-8(3-4-10(9)13)18(16,17)15-6-11(14)7-1-2-7;/h3-5,7,11,15H,1-2,6,14H2;1H. The Kier molecular flexibility index (Phi) is 6.10. The molecule has 1 aromatic carbocycles. The molecule has 0 aliphatic heterocycles. The number of rotatable bonds is 5. The second kappa shape index (κ2) is 6.74. The highest BCUT2D eigenvalue weighted by atomic mass is 79.9. The summed E-state index contributed by atoms with van der Waals surface area (Å²) in [5.74, 6) is 0.463. The van der Waals surface area contributed by atoms with E-state index in [0.29, 0.717) is 15.4 Å². The highest BCUT2D eigenvalue weighted by Crippen LogP contribution is 2.31. The van der Waals surface area contributed by atoms with Crippen LogP contribution in [0.4, 0.5) is 0 Å². The van der Waals surface area contributed by atoms with Gasteiger partial charge in [-0.1, -0.05) is 11.6 Å². The van der Waals surface area contributed by atoms with Crippen molar-refractivity contribution in [3.8, 4) is 0 Å². The predicted molar refractivity (Wildman–Crippen MR) is 82.3 cm³/mol. The van der Waals surface area contributed by atoms with Gasteiger partial charge in [-0.2, -0.15) is 0 Å². The van der Waals surface area contributed by atoms with Crippen molar-refractivity contribution in [3.63, 3.8) is 0 Å². The second-order valence-electron chi connectivity index (χ2n) is 4.43. The molecule has 1 aliphatic carbocycles. The lowest BCUT2D eigenvalue weighted by atomic mass is 10.2. The van der Waals surface area contributed by atoms with Gasteiger partial charge in [0.2, 0.25) is 10.0 Å². The van der Waals surface area contributed by atoms with Gasteiger partial charge >= 0.3 is 0 Å². The van der Waals surface area contributed by atoms with E-state index in [1.165, 1.54) is 12.1 Å². The molecule has 3 N–H and O–H groups in total. The smallest absolute Gasteiger partial charge is 0.240 e. The first-order valence-corrected chi connectivity index (χ1v) is 8.26. The number of halogens is 3. The van der Waals surface area contributed by atoms with Crippen LogP contribution < -0.4 is 10.5 Å². The van der Waals surface area contributed by atoms with E-state index in [9.17, 15) is 8.42 Å². The molecule has 1 fully saturated rings. The summed E-state index contributed by atoms with van der Waals surface area (Å²) in [7, 11) is -3.52. The van der Waals surface area contributed by atoms with E-state index >= 15 is 0 Å². The summed E-state index contributed by atoms with van der Waals surface area (Å²) < 4.78 is 27.1. The second-order valence-corrected chi connectivity index (χ2v) is 7.46. The largest absolute Gasteiger partial charge is 0.326 e. The van der Waals surface area contributed by atoms with Crippen molar-refractivity contribution in [2.24, 2.45) is 11.7 Å². The molecule has 0 aromatic heterocycles. The number of hydrogen-bond acceptors (Lipinski definition) is 3. The summed E-state index contributed by atoms with van der Waals surface area (Å²) in [4.78, 5) is 0.182. The van der Waals surface area contributed by atoms with E-state index < -0.39 is 10.0 Å². The maximum absolute atomic E-state index is 12.0. The molecular formula is C11H15BrCl2N2O2S. The molecule has 8 heteroatoms. The van der Waals surface area contributed by atoms with Gasteiger partial charge < -0.3 is 5.73 Å². The quantitative estimate of drug-likeness (QED) is 0.812. The molecule has 1 atom stereocenters. The van der Waals surface area contributed by atoms with Crippen LogP contribution in [0.1, 0.15) is 12.8 Å². The van der Waals surface area contributed by atoms with Gasteiger partial charge in [-0.25, -0.2) is 13.1 Å². The van der Waals surface area contributed by atoms with Crippen molar-refractivity contribution < 1.29 is 8.42 Å². The molecule has 1 aromatic rings. The molecule has 1 unspecified atom stereocenters. The molecule has 0 saturated heterocycles. The summed E-state index contributed by atoms with van der Waals surface area (Å²) in [6, 6.07) is 4.39. The van der Waals surface area contributed by atoms with E-state index in [1.807, 2.05) is 0 Å². The van der Waals surface area contributed by atoms with Gasteiger partial charge in [0.25, 0.3) is 0 Å². The number of nitrogens with two attached hydrogens (primary N) is 1. The van der Waals surface area contributed by atoms with Crippen LogP contribution in [0.3, 0.4) is 0 Å². The lowest BCUT2D eigenvalue weighted by Crippen LogP contribution is -2.38. The maximum Gasteiger partial charge on any atom is 0.240 e. The highest BCUT2D eigenvalue weighted by molar-refractivity contribution is 9.10. The monoisotopic (exact) mass is 388 g/mol. The van der Waals surface area contributed by atoms with E-state index in [-0.39, 0.29) is 29.9 Å². The van der Waals surface area contributed by atoms with Crippen LogP contribution in [-0.2, 0) is 10.0 Å². The minimum absolute atomic E-state index is 0. The van der Waals surface area contributed by atoms with Gasteiger partial charge in [0, 0.05) is 17.1 Å². The first-order chi connectivity index (χ1) is 8.40. The Morgan fingerprint density at radius 1 is 1.47 bits per heavy atom. The number of hydrogen-bond donors (Lipinski definition) is 2. The molecule has 19 heavy (non-hydrogen) atoms. The molecule has 108 valence electrons. The normalized spacial score (nSPS) is 16.8. The minimum Gasteiger partial charge on any atom is -0.326 e. The van der Waals surface area contributed by atoms with E-state index in [1.54, 1.807) is 6.07 Å². The molecule has 0 radical (unpaired) electrons. The number of sulfonamides is 1. The molecule has 0 heterocycles. The average molecular weight is 390 g/mol. The lowest BCUT2D eigenvalue weighted by Gasteiger charge is -2.12. The average Bonchev–Trinajstić information content (AvgIpc) is 3.13. The van der Waals surface area contributed by atoms with E-state index in [2.05, 4.69) is 20.7 Å². The van der Waals surface area contributed by atoms with Crippen LogP contribution in [0.15, 0.2) is 27.6 Å². The van der Waals surface area contributed by atoms with Crippen LogP contribution in [0.25, 0.3) is 0 Å². The van der Waals surface area contributed by atoms with Crippen LogP contribution >= 0.6 is 39.9 Å². The molecule has 2 rings (SSSR count). The zero-order chi connectivity index (χ0) is 13.3. The van der Waals surface area contributed by atoms with Crippen molar-refractivity contribution in [2.45, 2.75) is 23.8 Å². The minimum atomic E-state index is -3.52. The summed E-state index contributed by atoms with van der Waals surface area (Å²) in [6.07, 6.45) is 2.19. The first-order valence-electron chi connectivity index (χ1n) is 5.60. The molecular weight excluding hydrogens is 375 g/mol. The van der Waals surface area contributed by atoms with Crippen molar-refractivity contribution >= 4 is 50.0 Å². The fraction of sp³-hybridized carbons (Fsp3) is 0.455. The first kappa shape index (κ1) is 17.2. The predicted octanol–water partition coefficient (Wildman–Crippen LogP) is 2.54. The van der Waals surface area contributed by atoms with Crippen molar-refractivity contribution in [2.75, 3.05) is 6.54 Å². The van der Waals surface area contributed by atoms with Gasteiger partial charge in [0.1, 0.15) is 0 Å². The van der Waals surface area contributed by atoms with E-state index in [0.717, 1.165) is 12.8 Å². The topological polar surface area (TPSA) is 72.2 Å². The molecule has 0 bridgehead atoms. The Hall–Kier alpha value is 0.150. The molecule has 0 amide bonds. The lowest BCUT2D eigenvalue weighted by molar-refractivity contribution is 0.547. The third-order valence-corrected chi connectivity index (χ3v) is 5.57. The summed E-state index contributed by atoms with van der Waals surface area (Å²) in [5, 5.41) is 0.476. The van der Waals surface area contributed by atoms with Crippen LogP contribution in [0.5, 0.6) is 0 Å². The van der Waals surface area contributed by atoms with Crippen molar-refractivity contribution in [1.82, 2.24) is 4.72 Å². The third kappa shape index (κ3) is 4.58.